The SMILES string of the molecule is CCCCN1CCCCC1CCN(c1ccccc1)C1CCc2ccccc2C1.Cl. The van der Waals surface area contributed by atoms with Gasteiger partial charge in [0.2, 0.25) is 0 Å². The van der Waals surface area contributed by atoms with Crippen LogP contribution in [0, 0.1) is 0 Å². The van der Waals surface area contributed by atoms with Crippen LogP contribution in [-0.2, 0) is 12.8 Å². The van der Waals surface area contributed by atoms with Crippen LogP contribution in [-0.4, -0.2) is 36.6 Å². The lowest BCUT2D eigenvalue weighted by Crippen LogP contribution is -2.45. The summed E-state index contributed by atoms with van der Waals surface area (Å²) in [6.45, 7) is 6.11. The summed E-state index contributed by atoms with van der Waals surface area (Å²) in [5.74, 6) is 0. The number of halogens is 1. The van der Waals surface area contributed by atoms with Crippen LogP contribution in [0.4, 0.5) is 5.69 Å². The van der Waals surface area contributed by atoms with Crippen molar-refractivity contribution in [1.29, 1.82) is 0 Å². The second-order valence-corrected chi connectivity index (χ2v) is 9.02. The van der Waals surface area contributed by atoms with Gasteiger partial charge < -0.3 is 9.80 Å². The fourth-order valence-electron chi connectivity index (χ4n) is 5.42. The Morgan fingerprint density at radius 2 is 1.70 bits per heavy atom. The van der Waals surface area contributed by atoms with Gasteiger partial charge in [0.15, 0.2) is 0 Å². The topological polar surface area (TPSA) is 6.48 Å². The van der Waals surface area contributed by atoms with Crippen LogP contribution in [0.2, 0.25) is 0 Å². The van der Waals surface area contributed by atoms with E-state index in [4.69, 9.17) is 0 Å². The van der Waals surface area contributed by atoms with E-state index >= 15 is 0 Å². The maximum absolute atomic E-state index is 2.80. The van der Waals surface area contributed by atoms with Gasteiger partial charge in [0, 0.05) is 24.3 Å². The molecule has 30 heavy (non-hydrogen) atoms. The number of rotatable bonds is 8. The van der Waals surface area contributed by atoms with E-state index in [0.29, 0.717) is 6.04 Å². The van der Waals surface area contributed by atoms with Crippen molar-refractivity contribution in [2.24, 2.45) is 0 Å². The molecule has 0 amide bonds. The van der Waals surface area contributed by atoms with E-state index in [-0.39, 0.29) is 12.4 Å². The molecule has 0 aromatic heterocycles. The van der Waals surface area contributed by atoms with Gasteiger partial charge >= 0.3 is 0 Å². The molecule has 2 aromatic rings. The minimum absolute atomic E-state index is 0. The van der Waals surface area contributed by atoms with Crippen molar-refractivity contribution in [3.8, 4) is 0 Å². The Bertz CT molecular complexity index is 748. The summed E-state index contributed by atoms with van der Waals surface area (Å²) in [6.07, 6.45) is 11.8. The highest BCUT2D eigenvalue weighted by atomic mass is 35.5. The lowest BCUT2D eigenvalue weighted by atomic mass is 9.87. The van der Waals surface area contributed by atoms with E-state index in [1.165, 1.54) is 83.1 Å². The van der Waals surface area contributed by atoms with Crippen molar-refractivity contribution in [2.45, 2.75) is 76.8 Å². The van der Waals surface area contributed by atoms with E-state index in [1.54, 1.807) is 11.1 Å². The highest BCUT2D eigenvalue weighted by Crippen LogP contribution is 2.29. The lowest BCUT2D eigenvalue weighted by molar-refractivity contribution is 0.139. The number of piperidine rings is 1. The number of fused-ring (bicyclic) bond motifs is 1. The second kappa shape index (κ2) is 11.8. The first kappa shape index (κ1) is 23.2. The van der Waals surface area contributed by atoms with Crippen molar-refractivity contribution in [3.63, 3.8) is 0 Å². The molecule has 164 valence electrons. The minimum Gasteiger partial charge on any atom is -0.368 e. The summed E-state index contributed by atoms with van der Waals surface area (Å²) in [6, 6.07) is 21.7. The number of anilines is 1. The number of para-hydroxylation sites is 1. The first-order valence-electron chi connectivity index (χ1n) is 12.0. The quantitative estimate of drug-likeness (QED) is 0.474. The summed E-state index contributed by atoms with van der Waals surface area (Å²) in [5.41, 5.74) is 4.54. The molecule has 1 fully saturated rings. The molecule has 0 bridgehead atoms. The number of likely N-dealkylation sites (tertiary alicyclic amines) is 1. The molecular formula is C27H39ClN2. The Hall–Kier alpha value is -1.51. The zero-order chi connectivity index (χ0) is 19.9. The van der Waals surface area contributed by atoms with Gasteiger partial charge in [0.25, 0.3) is 0 Å². The number of benzene rings is 2. The minimum atomic E-state index is 0. The molecule has 4 rings (SSSR count). The number of hydrogen-bond donors (Lipinski definition) is 0. The molecule has 1 saturated heterocycles. The average Bonchev–Trinajstić information content (AvgIpc) is 2.79. The third-order valence-electron chi connectivity index (χ3n) is 7.10. The van der Waals surface area contributed by atoms with E-state index < -0.39 is 0 Å². The van der Waals surface area contributed by atoms with Gasteiger partial charge in [-0.25, -0.2) is 0 Å². The molecule has 1 aliphatic carbocycles. The van der Waals surface area contributed by atoms with Gasteiger partial charge in [-0.1, -0.05) is 62.2 Å². The fourth-order valence-corrected chi connectivity index (χ4v) is 5.42. The molecule has 2 aromatic carbocycles. The monoisotopic (exact) mass is 426 g/mol. The number of nitrogens with zero attached hydrogens (tertiary/aromatic N) is 2. The first-order chi connectivity index (χ1) is 14.3. The van der Waals surface area contributed by atoms with Crippen LogP contribution in [0.1, 0.15) is 63.0 Å². The molecule has 0 radical (unpaired) electrons. The normalized spacial score (nSPS) is 21.5. The van der Waals surface area contributed by atoms with E-state index in [2.05, 4.69) is 71.3 Å². The maximum atomic E-state index is 2.80. The molecule has 1 heterocycles. The maximum Gasteiger partial charge on any atom is 0.0368 e. The Labute approximate surface area is 190 Å². The summed E-state index contributed by atoms with van der Waals surface area (Å²) < 4.78 is 0. The van der Waals surface area contributed by atoms with Gasteiger partial charge in [-0.3, -0.25) is 0 Å². The van der Waals surface area contributed by atoms with Gasteiger partial charge in [-0.15, -0.1) is 12.4 Å². The van der Waals surface area contributed by atoms with E-state index in [9.17, 15) is 0 Å². The zero-order valence-electron chi connectivity index (χ0n) is 18.6. The van der Waals surface area contributed by atoms with Crippen LogP contribution in [0.25, 0.3) is 0 Å². The molecule has 1 aliphatic heterocycles. The zero-order valence-corrected chi connectivity index (χ0v) is 19.5. The largest absolute Gasteiger partial charge is 0.368 e. The Balaban J connectivity index is 0.00000256. The highest BCUT2D eigenvalue weighted by molar-refractivity contribution is 5.85. The van der Waals surface area contributed by atoms with Gasteiger partial charge in [0.05, 0.1) is 0 Å². The first-order valence-corrected chi connectivity index (χ1v) is 12.0. The van der Waals surface area contributed by atoms with Gasteiger partial charge in [-0.2, -0.15) is 0 Å². The smallest absolute Gasteiger partial charge is 0.0368 e. The van der Waals surface area contributed by atoms with Crippen molar-refractivity contribution in [1.82, 2.24) is 4.90 Å². The molecule has 2 nitrogen and oxygen atoms in total. The summed E-state index contributed by atoms with van der Waals surface area (Å²) in [4.78, 5) is 5.54. The highest BCUT2D eigenvalue weighted by Gasteiger charge is 2.27. The van der Waals surface area contributed by atoms with Crippen LogP contribution < -0.4 is 4.90 Å². The summed E-state index contributed by atoms with van der Waals surface area (Å²) >= 11 is 0. The average molecular weight is 427 g/mol. The van der Waals surface area contributed by atoms with Crippen molar-refractivity contribution < 1.29 is 0 Å². The van der Waals surface area contributed by atoms with Crippen LogP contribution in [0.3, 0.4) is 0 Å². The van der Waals surface area contributed by atoms with Crippen LogP contribution in [0.5, 0.6) is 0 Å². The molecule has 2 aliphatic rings. The molecule has 0 saturated carbocycles. The third-order valence-corrected chi connectivity index (χ3v) is 7.10. The van der Waals surface area contributed by atoms with Gasteiger partial charge in [-0.05, 0) is 81.3 Å². The molecule has 2 atom stereocenters. The number of aryl methyl sites for hydroxylation is 1. The lowest BCUT2D eigenvalue weighted by Gasteiger charge is -2.40. The molecule has 0 N–H and O–H groups in total. The van der Waals surface area contributed by atoms with E-state index in [0.717, 1.165) is 6.04 Å². The van der Waals surface area contributed by atoms with Crippen molar-refractivity contribution in [3.05, 3.63) is 65.7 Å². The summed E-state index contributed by atoms with van der Waals surface area (Å²) in [7, 11) is 0. The fraction of sp³-hybridized carbons (Fsp3) is 0.556. The number of hydrogen-bond acceptors (Lipinski definition) is 2. The second-order valence-electron chi connectivity index (χ2n) is 9.02. The summed E-state index contributed by atoms with van der Waals surface area (Å²) in [5, 5.41) is 0. The van der Waals surface area contributed by atoms with E-state index in [1.807, 2.05) is 0 Å². The van der Waals surface area contributed by atoms with Crippen molar-refractivity contribution in [2.75, 3.05) is 24.5 Å². The van der Waals surface area contributed by atoms with Crippen molar-refractivity contribution >= 4 is 18.1 Å². The van der Waals surface area contributed by atoms with Crippen LogP contribution in [0.15, 0.2) is 54.6 Å². The Morgan fingerprint density at radius 3 is 2.50 bits per heavy atom. The van der Waals surface area contributed by atoms with Crippen LogP contribution >= 0.6 is 12.4 Å². The molecule has 0 spiro atoms. The standard InChI is InChI=1S/C27H38N2.ClH/c1-2-3-19-28-20-10-9-13-25(28)18-21-29(26-14-5-4-6-15-26)27-17-16-23-11-7-8-12-24(23)22-27;/h4-8,11-12,14-15,25,27H,2-3,9-10,13,16-22H2,1H3;1H. The Morgan fingerprint density at radius 1 is 0.933 bits per heavy atom. The molecule has 3 heteroatoms. The molecular weight excluding hydrogens is 388 g/mol. The predicted octanol–water partition coefficient (Wildman–Crippen LogP) is 6.52. The predicted molar refractivity (Wildman–Crippen MR) is 132 cm³/mol. The third kappa shape index (κ3) is 5.80. The Kier molecular flexibility index (Phi) is 9.08. The molecule has 2 unspecified atom stereocenters. The number of unbranched alkanes of at least 4 members (excludes halogenated alkanes) is 1. The van der Waals surface area contributed by atoms with Gasteiger partial charge in [0.1, 0.15) is 0 Å².